The number of nitrogens with two attached hydrogens (primary N) is 1. The zero-order valence-corrected chi connectivity index (χ0v) is 6.96. The number of halogens is 1. The Morgan fingerprint density at radius 2 is 2.20 bits per heavy atom. The van der Waals surface area contributed by atoms with Crippen LogP contribution in [0.5, 0.6) is 0 Å². The lowest BCUT2D eigenvalue weighted by molar-refractivity contribution is 0.977. The highest BCUT2D eigenvalue weighted by atomic mass is 35.5. The lowest BCUT2D eigenvalue weighted by atomic mass is 10.3. The quantitative estimate of drug-likeness (QED) is 0.319. The highest BCUT2D eigenvalue weighted by Crippen LogP contribution is 1.79. The van der Waals surface area contributed by atoms with Crippen LogP contribution in [0.15, 0.2) is 5.10 Å². The molecule has 0 amide bonds. The van der Waals surface area contributed by atoms with E-state index in [0.29, 0.717) is 0 Å². The van der Waals surface area contributed by atoms with E-state index in [2.05, 4.69) is 10.5 Å². The minimum atomic E-state index is -0.122. The molecule has 0 heterocycles. The Morgan fingerprint density at radius 3 is 2.50 bits per heavy atom. The number of nitrogens with zero attached hydrogens (tertiary/aromatic N) is 1. The Morgan fingerprint density at radius 1 is 1.70 bits per heavy atom. The van der Waals surface area contributed by atoms with Crippen molar-refractivity contribution in [2.24, 2.45) is 10.8 Å². The van der Waals surface area contributed by atoms with E-state index in [1.165, 1.54) is 0 Å². The number of nitrogens with one attached hydrogen (secondary N) is 2. The predicted molar refractivity (Wildman–Crippen MR) is 45.7 cm³/mol. The molecule has 0 unspecified atom stereocenters. The van der Waals surface area contributed by atoms with Crippen molar-refractivity contribution >= 4 is 24.1 Å². The minimum absolute atomic E-state index is 0. The summed E-state index contributed by atoms with van der Waals surface area (Å²) in [6.07, 6.45) is 0.875. The number of hydrazone groups is 1. The van der Waals surface area contributed by atoms with E-state index in [1.807, 2.05) is 13.8 Å². The highest BCUT2D eigenvalue weighted by molar-refractivity contribution is 5.85. The average Bonchev–Trinajstić information content (AvgIpc) is 1.83. The molecule has 0 bridgehead atoms. The van der Waals surface area contributed by atoms with Crippen LogP contribution in [0.2, 0.25) is 0 Å². The summed E-state index contributed by atoms with van der Waals surface area (Å²) in [6, 6.07) is 0. The largest absolute Gasteiger partial charge is 0.369 e. The molecule has 60 valence electrons. The lowest BCUT2D eigenvalue weighted by Gasteiger charge is -1.95. The molecular formula is C5H13ClN4. The Bertz CT molecular complexity index is 132. The van der Waals surface area contributed by atoms with Gasteiger partial charge in [-0.3, -0.25) is 5.41 Å². The number of hydrogen-bond donors (Lipinski definition) is 3. The molecular weight excluding hydrogens is 152 g/mol. The van der Waals surface area contributed by atoms with E-state index in [0.717, 1.165) is 12.1 Å². The van der Waals surface area contributed by atoms with Crippen LogP contribution in [0.4, 0.5) is 0 Å². The fraction of sp³-hybridized carbons (Fsp3) is 0.600. The van der Waals surface area contributed by atoms with Crippen LogP contribution in [-0.2, 0) is 0 Å². The topological polar surface area (TPSA) is 74.3 Å². The highest BCUT2D eigenvalue weighted by Gasteiger charge is 1.83. The van der Waals surface area contributed by atoms with Crippen LogP contribution in [0, 0.1) is 5.41 Å². The smallest absolute Gasteiger partial charge is 0.206 e. The molecule has 0 aromatic rings. The first-order chi connectivity index (χ1) is 4.16. The minimum Gasteiger partial charge on any atom is -0.369 e. The molecule has 5 heteroatoms. The summed E-state index contributed by atoms with van der Waals surface area (Å²) in [5.74, 6) is -0.122. The first-order valence-corrected chi connectivity index (χ1v) is 2.80. The van der Waals surface area contributed by atoms with Crippen LogP contribution in [0.1, 0.15) is 20.3 Å². The standard InChI is InChI=1S/C5H12N4.ClH/c1-3-4(2)8-9-5(6)7;/h3H2,1-2H3,(H4,6,7,9);1H/b8-4-;. The van der Waals surface area contributed by atoms with Crippen molar-refractivity contribution in [2.45, 2.75) is 20.3 Å². The summed E-state index contributed by atoms with van der Waals surface area (Å²) in [7, 11) is 0. The Labute approximate surface area is 66.8 Å². The monoisotopic (exact) mass is 164 g/mol. The van der Waals surface area contributed by atoms with Gasteiger partial charge in [0.1, 0.15) is 0 Å². The van der Waals surface area contributed by atoms with Crippen molar-refractivity contribution in [1.82, 2.24) is 5.43 Å². The van der Waals surface area contributed by atoms with Gasteiger partial charge in [0.15, 0.2) is 0 Å². The second-order valence-corrected chi connectivity index (χ2v) is 1.73. The summed E-state index contributed by atoms with van der Waals surface area (Å²) in [5, 5.41) is 10.5. The molecule has 0 aliphatic carbocycles. The summed E-state index contributed by atoms with van der Waals surface area (Å²) >= 11 is 0. The van der Waals surface area contributed by atoms with Gasteiger partial charge in [-0.15, -0.1) is 12.4 Å². The Kier molecular flexibility index (Phi) is 7.60. The molecule has 0 aliphatic heterocycles. The maximum atomic E-state index is 6.72. The van der Waals surface area contributed by atoms with Gasteiger partial charge in [0.25, 0.3) is 0 Å². The first kappa shape index (κ1) is 12.0. The third-order valence-corrected chi connectivity index (χ3v) is 0.879. The lowest BCUT2D eigenvalue weighted by Crippen LogP contribution is -2.26. The van der Waals surface area contributed by atoms with Crippen molar-refractivity contribution in [2.75, 3.05) is 0 Å². The van der Waals surface area contributed by atoms with Gasteiger partial charge < -0.3 is 5.73 Å². The van der Waals surface area contributed by atoms with Gasteiger partial charge in [0.2, 0.25) is 5.96 Å². The summed E-state index contributed by atoms with van der Waals surface area (Å²) in [6.45, 7) is 3.86. The normalized spacial score (nSPS) is 10.0. The van der Waals surface area contributed by atoms with Crippen LogP contribution in [0.3, 0.4) is 0 Å². The Hall–Kier alpha value is -0.770. The molecule has 0 spiro atoms. The molecule has 0 saturated heterocycles. The van der Waals surface area contributed by atoms with E-state index >= 15 is 0 Å². The number of rotatable bonds is 2. The summed E-state index contributed by atoms with van der Waals surface area (Å²) in [4.78, 5) is 0. The van der Waals surface area contributed by atoms with Crippen molar-refractivity contribution in [3.8, 4) is 0 Å². The van der Waals surface area contributed by atoms with Crippen LogP contribution in [0.25, 0.3) is 0 Å². The first-order valence-electron chi connectivity index (χ1n) is 2.80. The fourth-order valence-corrected chi connectivity index (χ4v) is 0.235. The SMILES string of the molecule is CC/C(C)=N\NC(=N)N.Cl. The van der Waals surface area contributed by atoms with Gasteiger partial charge in [-0.2, -0.15) is 5.10 Å². The fourth-order valence-electron chi connectivity index (χ4n) is 0.235. The summed E-state index contributed by atoms with van der Waals surface area (Å²) < 4.78 is 0. The molecule has 0 fully saturated rings. The van der Waals surface area contributed by atoms with Crippen molar-refractivity contribution in [1.29, 1.82) is 5.41 Å². The van der Waals surface area contributed by atoms with Gasteiger partial charge in [-0.25, -0.2) is 5.43 Å². The van der Waals surface area contributed by atoms with Crippen molar-refractivity contribution < 1.29 is 0 Å². The van der Waals surface area contributed by atoms with E-state index in [9.17, 15) is 0 Å². The van der Waals surface area contributed by atoms with E-state index in [4.69, 9.17) is 11.1 Å². The average molecular weight is 165 g/mol. The molecule has 0 atom stereocenters. The molecule has 10 heavy (non-hydrogen) atoms. The molecule has 0 radical (unpaired) electrons. The third-order valence-electron chi connectivity index (χ3n) is 0.879. The maximum absolute atomic E-state index is 6.72. The van der Waals surface area contributed by atoms with Crippen molar-refractivity contribution in [3.63, 3.8) is 0 Å². The van der Waals surface area contributed by atoms with E-state index in [1.54, 1.807) is 0 Å². The zero-order chi connectivity index (χ0) is 7.28. The number of hydrogen-bond acceptors (Lipinski definition) is 2. The molecule has 4 N–H and O–H groups in total. The molecule has 0 aliphatic rings. The third kappa shape index (κ3) is 7.23. The van der Waals surface area contributed by atoms with Gasteiger partial charge >= 0.3 is 0 Å². The number of guanidine groups is 1. The summed E-state index contributed by atoms with van der Waals surface area (Å²) in [5.41, 5.74) is 8.24. The predicted octanol–water partition coefficient (Wildman–Crippen LogP) is 0.677. The van der Waals surface area contributed by atoms with Gasteiger partial charge in [0, 0.05) is 5.71 Å². The molecule has 4 nitrogen and oxygen atoms in total. The van der Waals surface area contributed by atoms with Gasteiger partial charge in [-0.1, -0.05) is 6.92 Å². The van der Waals surface area contributed by atoms with Crippen LogP contribution < -0.4 is 11.2 Å². The molecule has 0 aromatic heterocycles. The zero-order valence-electron chi connectivity index (χ0n) is 6.14. The van der Waals surface area contributed by atoms with Crippen LogP contribution in [-0.4, -0.2) is 11.7 Å². The Balaban J connectivity index is 0. The molecule has 0 aromatic carbocycles. The van der Waals surface area contributed by atoms with E-state index < -0.39 is 0 Å². The van der Waals surface area contributed by atoms with Gasteiger partial charge in [-0.05, 0) is 13.3 Å². The second-order valence-electron chi connectivity index (χ2n) is 1.73. The van der Waals surface area contributed by atoms with Crippen molar-refractivity contribution in [3.05, 3.63) is 0 Å². The van der Waals surface area contributed by atoms with E-state index in [-0.39, 0.29) is 18.4 Å². The van der Waals surface area contributed by atoms with Gasteiger partial charge in [0.05, 0.1) is 0 Å². The second kappa shape index (κ2) is 6.35. The molecule has 0 rings (SSSR count). The maximum Gasteiger partial charge on any atom is 0.206 e. The molecule has 0 saturated carbocycles. The van der Waals surface area contributed by atoms with Crippen LogP contribution >= 0.6 is 12.4 Å².